The van der Waals surface area contributed by atoms with Gasteiger partial charge in [-0.1, -0.05) is 0 Å². The van der Waals surface area contributed by atoms with Gasteiger partial charge in [-0.05, 0) is 18.2 Å². The molecule has 1 heterocycles. The number of hydrogen-bond donors (Lipinski definition) is 1. The van der Waals surface area contributed by atoms with Crippen molar-refractivity contribution in [3.63, 3.8) is 0 Å². The second kappa shape index (κ2) is 5.67. The molecule has 0 amide bonds. The van der Waals surface area contributed by atoms with Crippen LogP contribution in [0, 0.1) is 0 Å². The fourth-order valence-corrected chi connectivity index (χ4v) is 2.52. The zero-order valence-electron chi connectivity index (χ0n) is 11.8. The van der Waals surface area contributed by atoms with Crippen LogP contribution >= 0.6 is 0 Å². The third-order valence-corrected chi connectivity index (χ3v) is 3.85. The molecule has 0 spiro atoms. The lowest BCUT2D eigenvalue weighted by atomic mass is 10.0. The molecule has 0 aromatic heterocycles. The number of nitrogens with zero attached hydrogens (tertiary/aromatic N) is 1. The van der Waals surface area contributed by atoms with Crippen molar-refractivity contribution >= 4 is 11.4 Å². The zero-order valence-corrected chi connectivity index (χ0v) is 11.8. The first-order valence-corrected chi connectivity index (χ1v) is 6.43. The zero-order chi connectivity index (χ0) is 13.9. The van der Waals surface area contributed by atoms with Crippen molar-refractivity contribution in [3.8, 4) is 5.75 Å². The quantitative estimate of drug-likeness (QED) is 0.666. The number of benzene rings is 1. The van der Waals surface area contributed by atoms with E-state index >= 15 is 0 Å². The molecule has 1 fully saturated rings. The maximum Gasteiger partial charge on any atom is 0.170 e. The van der Waals surface area contributed by atoms with Gasteiger partial charge in [0.2, 0.25) is 0 Å². The van der Waals surface area contributed by atoms with E-state index in [1.807, 2.05) is 18.2 Å². The largest absolute Gasteiger partial charge is 0.495 e. The second-order valence-electron chi connectivity index (χ2n) is 4.73. The van der Waals surface area contributed by atoms with Crippen molar-refractivity contribution in [2.75, 3.05) is 45.1 Å². The van der Waals surface area contributed by atoms with E-state index in [2.05, 4.69) is 4.90 Å². The number of hydrogen-bond acceptors (Lipinski definition) is 5. The standard InChI is InChI=1S/C14H22N2O3/c1-17-13-5-4-11(10-12(13)15)16-8-6-14(18-2,19-3)7-9-16/h4-5,10H,6-9,15H2,1-3H3. The van der Waals surface area contributed by atoms with Gasteiger partial charge >= 0.3 is 0 Å². The van der Waals surface area contributed by atoms with E-state index < -0.39 is 5.79 Å². The van der Waals surface area contributed by atoms with Crippen molar-refractivity contribution < 1.29 is 14.2 Å². The molecule has 106 valence electrons. The summed E-state index contributed by atoms with van der Waals surface area (Å²) in [5, 5.41) is 0. The van der Waals surface area contributed by atoms with Crippen LogP contribution in [0.15, 0.2) is 18.2 Å². The highest BCUT2D eigenvalue weighted by Crippen LogP contribution is 2.32. The van der Waals surface area contributed by atoms with Crippen molar-refractivity contribution in [2.45, 2.75) is 18.6 Å². The number of piperidine rings is 1. The van der Waals surface area contributed by atoms with Crippen LogP contribution in [0.1, 0.15) is 12.8 Å². The monoisotopic (exact) mass is 266 g/mol. The van der Waals surface area contributed by atoms with E-state index in [0.29, 0.717) is 11.4 Å². The number of anilines is 2. The van der Waals surface area contributed by atoms with Crippen LogP contribution in [0.2, 0.25) is 0 Å². The normalized spacial score (nSPS) is 18.4. The van der Waals surface area contributed by atoms with Gasteiger partial charge in [0.15, 0.2) is 5.79 Å². The Morgan fingerprint density at radius 2 is 1.74 bits per heavy atom. The lowest BCUT2D eigenvalue weighted by Gasteiger charge is -2.40. The summed E-state index contributed by atoms with van der Waals surface area (Å²) in [6.07, 6.45) is 1.68. The molecule has 1 aromatic carbocycles. The molecule has 0 unspecified atom stereocenters. The van der Waals surface area contributed by atoms with Gasteiger partial charge in [0.1, 0.15) is 5.75 Å². The minimum absolute atomic E-state index is 0.436. The van der Waals surface area contributed by atoms with E-state index in [4.69, 9.17) is 19.9 Å². The fraction of sp³-hybridized carbons (Fsp3) is 0.571. The Morgan fingerprint density at radius 3 is 2.21 bits per heavy atom. The Labute approximate surface area is 114 Å². The molecule has 1 saturated heterocycles. The van der Waals surface area contributed by atoms with Gasteiger partial charge in [-0.2, -0.15) is 0 Å². The van der Waals surface area contributed by atoms with E-state index in [1.54, 1.807) is 21.3 Å². The molecule has 5 nitrogen and oxygen atoms in total. The Kier molecular flexibility index (Phi) is 4.17. The van der Waals surface area contributed by atoms with Crippen LogP contribution in [0.5, 0.6) is 5.75 Å². The molecular formula is C14H22N2O3. The molecule has 0 saturated carbocycles. The molecule has 5 heteroatoms. The molecule has 1 aliphatic rings. The summed E-state index contributed by atoms with van der Waals surface area (Å²) in [5.74, 6) is 0.276. The van der Waals surface area contributed by atoms with Crippen LogP contribution < -0.4 is 15.4 Å². The molecule has 19 heavy (non-hydrogen) atoms. The predicted molar refractivity (Wildman–Crippen MR) is 75.6 cm³/mol. The van der Waals surface area contributed by atoms with Gasteiger partial charge in [-0.25, -0.2) is 0 Å². The summed E-state index contributed by atoms with van der Waals surface area (Å²) in [6.45, 7) is 1.76. The number of ether oxygens (including phenoxy) is 3. The van der Waals surface area contributed by atoms with E-state index in [9.17, 15) is 0 Å². The van der Waals surface area contributed by atoms with Gasteiger partial charge < -0.3 is 24.8 Å². The molecular weight excluding hydrogens is 244 g/mol. The summed E-state index contributed by atoms with van der Waals surface area (Å²) in [6, 6.07) is 5.88. The van der Waals surface area contributed by atoms with Crippen LogP contribution in [0.3, 0.4) is 0 Å². The van der Waals surface area contributed by atoms with Crippen molar-refractivity contribution in [2.24, 2.45) is 0 Å². The molecule has 0 radical (unpaired) electrons. The Balaban J connectivity index is 2.07. The van der Waals surface area contributed by atoms with Gasteiger partial charge in [0, 0.05) is 45.8 Å². The van der Waals surface area contributed by atoms with Gasteiger partial charge in [0.25, 0.3) is 0 Å². The number of nitrogen functional groups attached to an aromatic ring is 1. The molecule has 1 aromatic rings. The van der Waals surface area contributed by atoms with Crippen LogP contribution in [0.25, 0.3) is 0 Å². The highest BCUT2D eigenvalue weighted by Gasteiger charge is 2.34. The average molecular weight is 266 g/mol. The third-order valence-electron chi connectivity index (χ3n) is 3.85. The van der Waals surface area contributed by atoms with Gasteiger partial charge in [0.05, 0.1) is 12.8 Å². The molecule has 0 bridgehead atoms. The first kappa shape index (κ1) is 14.0. The Morgan fingerprint density at radius 1 is 1.11 bits per heavy atom. The summed E-state index contributed by atoms with van der Waals surface area (Å²) >= 11 is 0. The summed E-state index contributed by atoms with van der Waals surface area (Å²) < 4.78 is 16.1. The van der Waals surface area contributed by atoms with Crippen molar-refractivity contribution in [3.05, 3.63) is 18.2 Å². The summed E-state index contributed by atoms with van der Waals surface area (Å²) in [4.78, 5) is 2.28. The Hall–Kier alpha value is -1.46. The first-order valence-electron chi connectivity index (χ1n) is 6.43. The van der Waals surface area contributed by atoms with Gasteiger partial charge in [-0.15, -0.1) is 0 Å². The van der Waals surface area contributed by atoms with Gasteiger partial charge in [-0.3, -0.25) is 0 Å². The number of rotatable bonds is 4. The molecule has 2 rings (SSSR count). The highest BCUT2D eigenvalue weighted by molar-refractivity contribution is 5.63. The van der Waals surface area contributed by atoms with Crippen LogP contribution in [0.4, 0.5) is 11.4 Å². The maximum atomic E-state index is 5.94. The van der Waals surface area contributed by atoms with E-state index in [1.165, 1.54) is 0 Å². The SMILES string of the molecule is COc1ccc(N2CCC(OC)(OC)CC2)cc1N. The first-order chi connectivity index (χ1) is 9.14. The maximum absolute atomic E-state index is 5.94. The third kappa shape index (κ3) is 2.77. The van der Waals surface area contributed by atoms with Crippen molar-refractivity contribution in [1.82, 2.24) is 0 Å². The Bertz CT molecular complexity index is 423. The van der Waals surface area contributed by atoms with Crippen LogP contribution in [-0.2, 0) is 9.47 Å². The predicted octanol–water partition coefficient (Wildman–Crippen LogP) is 1.87. The van der Waals surface area contributed by atoms with Crippen molar-refractivity contribution in [1.29, 1.82) is 0 Å². The van der Waals surface area contributed by atoms with E-state index in [-0.39, 0.29) is 0 Å². The minimum atomic E-state index is -0.436. The smallest absolute Gasteiger partial charge is 0.170 e. The minimum Gasteiger partial charge on any atom is -0.495 e. The topological polar surface area (TPSA) is 57.0 Å². The summed E-state index contributed by atoms with van der Waals surface area (Å²) in [7, 11) is 5.02. The summed E-state index contributed by atoms with van der Waals surface area (Å²) in [5.41, 5.74) is 7.72. The lowest BCUT2D eigenvalue weighted by Crippen LogP contribution is -2.46. The van der Waals surface area contributed by atoms with E-state index in [0.717, 1.165) is 31.6 Å². The highest BCUT2D eigenvalue weighted by atomic mass is 16.7. The molecule has 0 aliphatic carbocycles. The molecule has 0 atom stereocenters. The van der Waals surface area contributed by atoms with Crippen LogP contribution in [-0.4, -0.2) is 40.2 Å². The molecule has 2 N–H and O–H groups in total. The molecule has 1 aliphatic heterocycles. The second-order valence-corrected chi connectivity index (χ2v) is 4.73. The fourth-order valence-electron chi connectivity index (χ4n) is 2.52. The average Bonchev–Trinajstić information content (AvgIpc) is 2.47. The lowest BCUT2D eigenvalue weighted by molar-refractivity contribution is -0.216. The number of methoxy groups -OCH3 is 3. The number of nitrogens with two attached hydrogens (primary N) is 1.